The fraction of sp³-hybridized carbons (Fsp3) is 0.455. The molecule has 158 valence electrons. The molecule has 0 saturated carbocycles. The summed E-state index contributed by atoms with van der Waals surface area (Å²) in [4.78, 5) is 20.3. The van der Waals surface area contributed by atoms with Crippen molar-refractivity contribution in [3.8, 4) is 5.82 Å². The maximum atomic E-state index is 4.91. The number of aromatic nitrogens is 5. The molecule has 2 unspecified atom stereocenters. The second kappa shape index (κ2) is 9.11. The molecule has 1 saturated heterocycles. The van der Waals surface area contributed by atoms with Crippen LogP contribution in [0.15, 0.2) is 54.4 Å². The van der Waals surface area contributed by atoms with Gasteiger partial charge < -0.3 is 14.8 Å². The van der Waals surface area contributed by atoms with Crippen LogP contribution < -0.4 is 5.32 Å². The van der Waals surface area contributed by atoms with Crippen molar-refractivity contribution >= 4 is 5.96 Å². The maximum Gasteiger partial charge on any atom is 0.194 e. The highest BCUT2D eigenvalue weighted by atomic mass is 15.3. The van der Waals surface area contributed by atoms with Gasteiger partial charge in [-0.3, -0.25) is 4.57 Å². The van der Waals surface area contributed by atoms with E-state index >= 15 is 0 Å². The zero-order chi connectivity index (χ0) is 20.9. The molecule has 0 amide bonds. The molecule has 1 aliphatic rings. The third-order valence-corrected chi connectivity index (χ3v) is 5.75. The van der Waals surface area contributed by atoms with Crippen LogP contribution in [0, 0.1) is 12.8 Å². The Kier molecular flexibility index (Phi) is 6.11. The molecule has 0 spiro atoms. The highest BCUT2D eigenvalue weighted by Gasteiger charge is 2.28. The van der Waals surface area contributed by atoms with Gasteiger partial charge in [0, 0.05) is 50.6 Å². The minimum atomic E-state index is 0.407. The summed E-state index contributed by atoms with van der Waals surface area (Å²) in [5.41, 5.74) is 1.09. The average molecular weight is 407 g/mol. The third-order valence-electron chi connectivity index (χ3n) is 5.75. The molecule has 1 aliphatic heterocycles. The quantitative estimate of drug-likeness (QED) is 0.521. The lowest BCUT2D eigenvalue weighted by atomic mass is 9.93. The molecule has 4 heterocycles. The summed E-state index contributed by atoms with van der Waals surface area (Å²) in [7, 11) is 0. The van der Waals surface area contributed by atoms with Gasteiger partial charge in [-0.25, -0.2) is 19.9 Å². The second-order valence-corrected chi connectivity index (χ2v) is 7.83. The summed E-state index contributed by atoms with van der Waals surface area (Å²) in [5, 5.41) is 3.46. The maximum absolute atomic E-state index is 4.91. The minimum absolute atomic E-state index is 0.407. The molecule has 1 N–H and O–H groups in total. The largest absolute Gasteiger partial charge is 0.357 e. The summed E-state index contributed by atoms with van der Waals surface area (Å²) >= 11 is 0. The van der Waals surface area contributed by atoms with E-state index in [1.54, 1.807) is 6.20 Å². The van der Waals surface area contributed by atoms with Crippen molar-refractivity contribution in [2.75, 3.05) is 19.6 Å². The lowest BCUT2D eigenvalue weighted by molar-refractivity contribution is 0.189. The van der Waals surface area contributed by atoms with Crippen LogP contribution in [0.2, 0.25) is 0 Å². The van der Waals surface area contributed by atoms with Gasteiger partial charge in [0.2, 0.25) is 0 Å². The van der Waals surface area contributed by atoms with Crippen LogP contribution in [0.3, 0.4) is 0 Å². The lowest BCUT2D eigenvalue weighted by Crippen LogP contribution is -2.49. The fourth-order valence-corrected chi connectivity index (χ4v) is 3.96. The van der Waals surface area contributed by atoms with Crippen LogP contribution in [0.25, 0.3) is 5.82 Å². The van der Waals surface area contributed by atoms with Crippen molar-refractivity contribution in [1.29, 1.82) is 0 Å². The van der Waals surface area contributed by atoms with E-state index in [1.807, 2.05) is 42.5 Å². The number of nitrogens with zero attached hydrogens (tertiary/aromatic N) is 7. The van der Waals surface area contributed by atoms with Crippen molar-refractivity contribution in [2.45, 2.75) is 39.8 Å². The van der Waals surface area contributed by atoms with Gasteiger partial charge in [0.15, 0.2) is 5.96 Å². The molecule has 8 nitrogen and oxygen atoms in total. The molecule has 0 radical (unpaired) electrons. The first-order valence-corrected chi connectivity index (χ1v) is 10.6. The van der Waals surface area contributed by atoms with Crippen LogP contribution >= 0.6 is 0 Å². The Bertz CT molecular complexity index is 957. The van der Waals surface area contributed by atoms with Gasteiger partial charge in [0.05, 0.1) is 18.9 Å². The number of pyridine rings is 1. The van der Waals surface area contributed by atoms with Crippen molar-refractivity contribution in [3.63, 3.8) is 0 Å². The number of imidazole rings is 2. The molecule has 3 aromatic rings. The van der Waals surface area contributed by atoms with E-state index in [0.717, 1.165) is 49.2 Å². The lowest BCUT2D eigenvalue weighted by Gasteiger charge is -2.39. The summed E-state index contributed by atoms with van der Waals surface area (Å²) in [6.07, 6.45) is 12.6. The molecule has 3 aromatic heterocycles. The van der Waals surface area contributed by atoms with E-state index in [2.05, 4.69) is 55.8 Å². The second-order valence-electron chi connectivity index (χ2n) is 7.83. The van der Waals surface area contributed by atoms with E-state index < -0.39 is 0 Å². The summed E-state index contributed by atoms with van der Waals surface area (Å²) < 4.78 is 4.20. The number of aryl methyl sites for hydroxylation is 1. The minimum Gasteiger partial charge on any atom is -0.357 e. The van der Waals surface area contributed by atoms with Crippen molar-refractivity contribution in [2.24, 2.45) is 10.9 Å². The predicted molar refractivity (Wildman–Crippen MR) is 118 cm³/mol. The van der Waals surface area contributed by atoms with Gasteiger partial charge in [-0.05, 0) is 37.8 Å². The topological polar surface area (TPSA) is 76.2 Å². The van der Waals surface area contributed by atoms with Crippen LogP contribution in [-0.4, -0.2) is 54.6 Å². The molecular weight excluding hydrogens is 376 g/mol. The number of hydrogen-bond acceptors (Lipinski definition) is 4. The van der Waals surface area contributed by atoms with Crippen LogP contribution in [-0.2, 0) is 6.54 Å². The van der Waals surface area contributed by atoms with E-state index in [0.29, 0.717) is 18.5 Å². The van der Waals surface area contributed by atoms with Gasteiger partial charge in [-0.15, -0.1) is 0 Å². The van der Waals surface area contributed by atoms with Gasteiger partial charge >= 0.3 is 0 Å². The highest BCUT2D eigenvalue weighted by Crippen LogP contribution is 2.27. The molecule has 30 heavy (non-hydrogen) atoms. The summed E-state index contributed by atoms with van der Waals surface area (Å²) in [6.45, 7) is 9.79. The summed E-state index contributed by atoms with van der Waals surface area (Å²) in [6, 6.07) is 4.51. The number of piperidine rings is 1. The van der Waals surface area contributed by atoms with Gasteiger partial charge in [0.25, 0.3) is 0 Å². The van der Waals surface area contributed by atoms with Crippen molar-refractivity contribution < 1.29 is 0 Å². The van der Waals surface area contributed by atoms with Crippen LogP contribution in [0.1, 0.15) is 37.7 Å². The Balaban J connectivity index is 1.46. The number of rotatable bonds is 5. The van der Waals surface area contributed by atoms with Crippen LogP contribution in [0.5, 0.6) is 0 Å². The Hall–Kier alpha value is -3.16. The molecule has 0 aliphatic carbocycles. The number of likely N-dealkylation sites (tertiary alicyclic amines) is 1. The third kappa shape index (κ3) is 4.37. The number of guanidine groups is 1. The van der Waals surface area contributed by atoms with E-state index in [9.17, 15) is 0 Å². The Morgan fingerprint density at radius 1 is 1.23 bits per heavy atom. The monoisotopic (exact) mass is 406 g/mol. The zero-order valence-electron chi connectivity index (χ0n) is 17.9. The van der Waals surface area contributed by atoms with Gasteiger partial charge in [-0.2, -0.15) is 0 Å². The van der Waals surface area contributed by atoms with Crippen molar-refractivity contribution in [1.82, 2.24) is 34.3 Å². The average Bonchev–Trinajstić information content (AvgIpc) is 3.44. The molecule has 4 rings (SSSR count). The summed E-state index contributed by atoms with van der Waals surface area (Å²) in [5.74, 6) is 3.37. The first-order valence-electron chi connectivity index (χ1n) is 10.6. The molecule has 8 heteroatoms. The number of aliphatic imine (C=N–C) groups is 1. The number of hydrogen-bond donors (Lipinski definition) is 1. The zero-order valence-corrected chi connectivity index (χ0v) is 17.9. The number of nitrogens with one attached hydrogen (secondary N) is 1. The fourth-order valence-electron chi connectivity index (χ4n) is 3.96. The van der Waals surface area contributed by atoms with Crippen LogP contribution in [0.4, 0.5) is 0 Å². The van der Waals surface area contributed by atoms with E-state index in [-0.39, 0.29) is 0 Å². The Morgan fingerprint density at radius 3 is 2.80 bits per heavy atom. The highest BCUT2D eigenvalue weighted by molar-refractivity contribution is 5.80. The predicted octanol–water partition coefficient (Wildman–Crippen LogP) is 2.82. The smallest absolute Gasteiger partial charge is 0.194 e. The van der Waals surface area contributed by atoms with Crippen molar-refractivity contribution in [3.05, 3.63) is 60.8 Å². The first kappa shape index (κ1) is 20.1. The molecular formula is C22H30N8. The molecule has 0 bridgehead atoms. The standard InChI is InChI=1S/C22H30N8/c1-4-24-22(28-10-7-17(2)20(15-28)29-11-8-23-16-29)27-14-19-5-6-21(26-13-19)30-12-9-25-18(30)3/h5-6,8-9,11-13,16-17,20H,4,7,10,14-15H2,1-3H3,(H,24,27). The normalized spacial score (nSPS) is 19.8. The van der Waals surface area contributed by atoms with E-state index in [1.165, 1.54) is 0 Å². The van der Waals surface area contributed by atoms with Gasteiger partial charge in [0.1, 0.15) is 11.6 Å². The first-order chi connectivity index (χ1) is 14.7. The molecule has 0 aromatic carbocycles. The molecule has 1 fully saturated rings. The van der Waals surface area contributed by atoms with Gasteiger partial charge in [-0.1, -0.05) is 13.0 Å². The van der Waals surface area contributed by atoms with E-state index in [4.69, 9.17) is 4.99 Å². The Morgan fingerprint density at radius 2 is 2.13 bits per heavy atom. The Labute approximate surface area is 177 Å². The SMILES string of the molecule is CCNC(=NCc1ccc(-n2ccnc2C)nc1)N1CCC(C)C(n2ccnc2)C1. The molecule has 2 atom stereocenters.